The van der Waals surface area contributed by atoms with Gasteiger partial charge in [0.2, 0.25) is 0 Å². The summed E-state index contributed by atoms with van der Waals surface area (Å²) in [4.78, 5) is 13.2. The fourth-order valence-electron chi connectivity index (χ4n) is 3.02. The fraction of sp³-hybridized carbons (Fsp3) is 0.625. The van der Waals surface area contributed by atoms with E-state index in [2.05, 4.69) is 17.1 Å². The second kappa shape index (κ2) is 11.9. The molecule has 0 unspecified atom stereocenters. The van der Waals surface area contributed by atoms with Crippen LogP contribution in [0.25, 0.3) is 0 Å². The lowest BCUT2D eigenvalue weighted by Crippen LogP contribution is -2.45. The number of piperazine rings is 1. The summed E-state index contributed by atoms with van der Waals surface area (Å²) < 4.78 is 0. The molecular weight excluding hydrogens is 373 g/mol. The highest BCUT2D eigenvalue weighted by atomic mass is 35.5. The van der Waals surface area contributed by atoms with Gasteiger partial charge in [-0.15, -0.1) is 24.8 Å². The second-order valence-electron chi connectivity index (χ2n) is 5.77. The fourth-order valence-corrected chi connectivity index (χ4v) is 3.20. The Morgan fingerprint density at radius 3 is 2.54 bits per heavy atom. The van der Waals surface area contributed by atoms with Gasteiger partial charge in [-0.25, -0.2) is 0 Å². The molecule has 0 amide bonds. The van der Waals surface area contributed by atoms with Crippen LogP contribution in [0.5, 0.6) is 0 Å². The van der Waals surface area contributed by atoms with Crippen molar-refractivity contribution in [3.05, 3.63) is 38.9 Å². The Bertz CT molecular complexity index is 511. The van der Waals surface area contributed by atoms with Gasteiger partial charge in [0.1, 0.15) is 5.02 Å². The molecule has 138 valence electrons. The molecule has 0 aromatic heterocycles. The normalized spacial score (nSPS) is 15.9. The first kappa shape index (κ1) is 23.4. The van der Waals surface area contributed by atoms with Crippen molar-refractivity contribution in [2.24, 2.45) is 0 Å². The Balaban J connectivity index is 0.00000264. The number of halogens is 3. The van der Waals surface area contributed by atoms with Gasteiger partial charge in [-0.3, -0.25) is 15.0 Å². The van der Waals surface area contributed by atoms with E-state index in [1.807, 2.05) is 6.07 Å². The Hall–Kier alpha value is -0.590. The molecule has 0 radical (unpaired) electrons. The first-order chi connectivity index (χ1) is 10.6. The van der Waals surface area contributed by atoms with Crippen LogP contribution in [0, 0.1) is 10.1 Å². The van der Waals surface area contributed by atoms with Crippen LogP contribution in [-0.4, -0.2) is 36.0 Å². The van der Waals surface area contributed by atoms with E-state index in [1.165, 1.54) is 12.8 Å². The molecule has 0 bridgehead atoms. The lowest BCUT2D eigenvalue weighted by atomic mass is 9.97. The summed E-state index contributed by atoms with van der Waals surface area (Å²) in [6, 6.07) is 5.49. The number of benzene rings is 1. The van der Waals surface area contributed by atoms with E-state index >= 15 is 0 Å². The first-order valence-electron chi connectivity index (χ1n) is 8.02. The highest BCUT2D eigenvalue weighted by Crippen LogP contribution is 2.33. The quantitative estimate of drug-likeness (QED) is 0.413. The van der Waals surface area contributed by atoms with E-state index in [0.717, 1.165) is 44.6 Å². The third kappa shape index (κ3) is 6.37. The van der Waals surface area contributed by atoms with Crippen LogP contribution in [0.1, 0.15) is 44.2 Å². The van der Waals surface area contributed by atoms with Gasteiger partial charge in [-0.1, -0.05) is 43.9 Å². The van der Waals surface area contributed by atoms with Crippen LogP contribution in [0.2, 0.25) is 5.02 Å². The van der Waals surface area contributed by atoms with Crippen molar-refractivity contribution in [1.29, 1.82) is 0 Å². The van der Waals surface area contributed by atoms with E-state index in [1.54, 1.807) is 12.1 Å². The molecular formula is C16H26Cl3N3O2. The lowest BCUT2D eigenvalue weighted by Gasteiger charge is -2.35. The van der Waals surface area contributed by atoms with Gasteiger partial charge < -0.3 is 5.32 Å². The first-order valence-corrected chi connectivity index (χ1v) is 8.40. The van der Waals surface area contributed by atoms with Gasteiger partial charge in [0, 0.05) is 38.3 Å². The number of nitrogens with one attached hydrogen (secondary N) is 1. The van der Waals surface area contributed by atoms with Gasteiger partial charge in [-0.2, -0.15) is 0 Å². The molecule has 24 heavy (non-hydrogen) atoms. The van der Waals surface area contributed by atoms with Crippen molar-refractivity contribution in [1.82, 2.24) is 10.2 Å². The third-order valence-electron chi connectivity index (χ3n) is 4.23. The molecule has 1 fully saturated rings. The summed E-state index contributed by atoms with van der Waals surface area (Å²) in [7, 11) is 0. The van der Waals surface area contributed by atoms with Crippen LogP contribution in [0.15, 0.2) is 18.2 Å². The SMILES string of the molecule is CCCCC[C@@H](c1ccc(Cl)c([N+](=O)[O-])c1)N1CCNCC1.Cl.Cl. The van der Waals surface area contributed by atoms with Crippen LogP contribution >= 0.6 is 36.4 Å². The molecule has 5 nitrogen and oxygen atoms in total. The van der Waals surface area contributed by atoms with Gasteiger partial charge in [-0.05, 0) is 18.1 Å². The largest absolute Gasteiger partial charge is 0.314 e. The molecule has 0 aliphatic carbocycles. The summed E-state index contributed by atoms with van der Waals surface area (Å²) in [5, 5.41) is 14.7. The Morgan fingerprint density at radius 1 is 1.29 bits per heavy atom. The van der Waals surface area contributed by atoms with Crippen molar-refractivity contribution < 1.29 is 4.92 Å². The minimum absolute atomic E-state index is 0. The Kier molecular flexibility index (Phi) is 11.6. The molecule has 1 heterocycles. The summed E-state index contributed by atoms with van der Waals surface area (Å²) in [6.07, 6.45) is 4.54. The molecule has 1 aliphatic heterocycles. The second-order valence-corrected chi connectivity index (χ2v) is 6.17. The molecule has 8 heteroatoms. The molecule has 2 rings (SSSR count). The van der Waals surface area contributed by atoms with Crippen LogP contribution < -0.4 is 5.32 Å². The summed E-state index contributed by atoms with van der Waals surface area (Å²) in [6.45, 7) is 6.09. The molecule has 1 atom stereocenters. The average Bonchev–Trinajstić information content (AvgIpc) is 2.53. The minimum Gasteiger partial charge on any atom is -0.314 e. The van der Waals surface area contributed by atoms with Crippen molar-refractivity contribution >= 4 is 42.1 Å². The highest BCUT2D eigenvalue weighted by molar-refractivity contribution is 6.32. The van der Waals surface area contributed by atoms with Crippen LogP contribution in [-0.2, 0) is 0 Å². The molecule has 1 aromatic carbocycles. The van der Waals surface area contributed by atoms with E-state index in [-0.39, 0.29) is 41.6 Å². The van der Waals surface area contributed by atoms with E-state index in [9.17, 15) is 10.1 Å². The zero-order valence-corrected chi connectivity index (χ0v) is 16.3. The van der Waals surface area contributed by atoms with Crippen molar-refractivity contribution in [2.45, 2.75) is 38.6 Å². The Morgan fingerprint density at radius 2 is 1.96 bits per heavy atom. The summed E-state index contributed by atoms with van der Waals surface area (Å²) in [5.41, 5.74) is 1.02. The highest BCUT2D eigenvalue weighted by Gasteiger charge is 2.24. The summed E-state index contributed by atoms with van der Waals surface area (Å²) >= 11 is 5.94. The zero-order valence-electron chi connectivity index (χ0n) is 13.9. The summed E-state index contributed by atoms with van der Waals surface area (Å²) in [5.74, 6) is 0. The van der Waals surface area contributed by atoms with Gasteiger partial charge in [0.05, 0.1) is 4.92 Å². The molecule has 0 saturated carbocycles. The predicted molar refractivity (Wildman–Crippen MR) is 104 cm³/mol. The van der Waals surface area contributed by atoms with Gasteiger partial charge in [0.25, 0.3) is 5.69 Å². The lowest BCUT2D eigenvalue weighted by molar-refractivity contribution is -0.384. The molecule has 1 saturated heterocycles. The molecule has 1 aromatic rings. The number of hydrogen-bond acceptors (Lipinski definition) is 4. The number of nitro groups is 1. The topological polar surface area (TPSA) is 58.4 Å². The number of rotatable bonds is 7. The molecule has 0 spiro atoms. The van der Waals surface area contributed by atoms with Crippen LogP contribution in [0.3, 0.4) is 0 Å². The van der Waals surface area contributed by atoms with E-state index in [4.69, 9.17) is 11.6 Å². The predicted octanol–water partition coefficient (Wildman–Crippen LogP) is 4.62. The van der Waals surface area contributed by atoms with E-state index < -0.39 is 4.92 Å². The number of nitrogens with zero attached hydrogens (tertiary/aromatic N) is 2. The van der Waals surface area contributed by atoms with Gasteiger partial charge >= 0.3 is 0 Å². The van der Waals surface area contributed by atoms with E-state index in [0.29, 0.717) is 0 Å². The maximum Gasteiger partial charge on any atom is 0.288 e. The van der Waals surface area contributed by atoms with Crippen LogP contribution in [0.4, 0.5) is 5.69 Å². The minimum atomic E-state index is -0.396. The monoisotopic (exact) mass is 397 g/mol. The zero-order chi connectivity index (χ0) is 15.9. The number of hydrogen-bond donors (Lipinski definition) is 1. The van der Waals surface area contributed by atoms with Gasteiger partial charge in [0.15, 0.2) is 0 Å². The molecule has 1 N–H and O–H groups in total. The third-order valence-corrected chi connectivity index (χ3v) is 4.54. The van der Waals surface area contributed by atoms with Crippen molar-refractivity contribution in [3.8, 4) is 0 Å². The van der Waals surface area contributed by atoms with Crippen molar-refractivity contribution in [3.63, 3.8) is 0 Å². The number of unbranched alkanes of at least 4 members (excludes halogenated alkanes) is 2. The maximum absolute atomic E-state index is 11.1. The standard InChI is InChI=1S/C16H24ClN3O2.2ClH/c1-2-3-4-5-15(19-10-8-18-9-11-19)13-6-7-14(17)16(12-13)20(21)22;;/h6-7,12,15,18H,2-5,8-11H2,1H3;2*1H/t15-;;/m0../s1. The molecule has 1 aliphatic rings. The Labute approximate surface area is 161 Å². The maximum atomic E-state index is 11.1. The van der Waals surface area contributed by atoms with Crippen molar-refractivity contribution in [2.75, 3.05) is 26.2 Å². The number of nitro benzene ring substituents is 1. The smallest absolute Gasteiger partial charge is 0.288 e. The average molecular weight is 399 g/mol.